The second-order valence-electron chi connectivity index (χ2n) is 6.32. The molecule has 0 aliphatic rings. The molecule has 2 N–H and O–H groups in total. The molecule has 3 aromatic rings. The molecule has 1 amide bonds. The number of carbonyl (C=O) groups is 1. The number of aromatic nitrogens is 2. The van der Waals surface area contributed by atoms with Crippen LogP contribution in [0.1, 0.15) is 20.8 Å². The highest BCUT2D eigenvalue weighted by molar-refractivity contribution is 5.92. The monoisotopic (exact) mass is 368 g/mol. The number of carbonyl (C=O) groups excluding carboxylic acids is 1. The van der Waals surface area contributed by atoms with Crippen molar-refractivity contribution in [2.24, 2.45) is 5.92 Å². The second kappa shape index (κ2) is 10.6. The maximum absolute atomic E-state index is 11.8. The lowest BCUT2D eigenvalue weighted by Gasteiger charge is -2.09. The predicted molar refractivity (Wildman–Crippen MR) is 105 cm³/mol. The van der Waals surface area contributed by atoms with Crippen molar-refractivity contribution in [3.05, 3.63) is 61.1 Å². The van der Waals surface area contributed by atoms with Gasteiger partial charge in [0.15, 0.2) is 0 Å². The SMILES string of the molecule is CC(C)C.O=C(CNc1cccc(Oc2ccncc2)c1)Nc1ccno1. The van der Waals surface area contributed by atoms with Crippen LogP contribution in [0.3, 0.4) is 0 Å². The van der Waals surface area contributed by atoms with Crippen LogP contribution in [-0.4, -0.2) is 22.6 Å². The normalized spacial score (nSPS) is 9.93. The van der Waals surface area contributed by atoms with Crippen LogP contribution in [0, 0.1) is 5.92 Å². The lowest BCUT2D eigenvalue weighted by Crippen LogP contribution is -2.21. The molecule has 7 nitrogen and oxygen atoms in total. The van der Waals surface area contributed by atoms with Crippen LogP contribution in [0.25, 0.3) is 0 Å². The minimum absolute atomic E-state index is 0.0966. The fraction of sp³-hybridized carbons (Fsp3) is 0.250. The molecule has 0 radical (unpaired) electrons. The summed E-state index contributed by atoms with van der Waals surface area (Å²) in [7, 11) is 0. The number of ether oxygens (including phenoxy) is 1. The molecule has 3 rings (SSSR count). The van der Waals surface area contributed by atoms with Gasteiger partial charge < -0.3 is 14.6 Å². The summed E-state index contributed by atoms with van der Waals surface area (Å²) in [6.45, 7) is 6.60. The summed E-state index contributed by atoms with van der Waals surface area (Å²) in [5.74, 6) is 2.27. The third-order valence-electron chi connectivity index (χ3n) is 2.87. The molecule has 0 aliphatic carbocycles. The summed E-state index contributed by atoms with van der Waals surface area (Å²) >= 11 is 0. The molecular weight excluding hydrogens is 344 g/mol. The second-order valence-corrected chi connectivity index (χ2v) is 6.32. The standard InChI is InChI=1S/C16H14N4O3.C4H10/c21-15(20-16-6-9-19-23-16)11-18-12-2-1-3-14(10-12)22-13-4-7-17-8-5-13;1-4(2)3/h1-10,18H,11H2,(H,20,21);4H,1-3H3. The highest BCUT2D eigenvalue weighted by Gasteiger charge is 2.05. The Kier molecular flexibility index (Phi) is 7.84. The van der Waals surface area contributed by atoms with Crippen LogP contribution in [0.2, 0.25) is 0 Å². The zero-order valence-corrected chi connectivity index (χ0v) is 15.7. The van der Waals surface area contributed by atoms with Crippen LogP contribution in [0.15, 0.2) is 65.6 Å². The van der Waals surface area contributed by atoms with E-state index in [0.29, 0.717) is 17.4 Å². The van der Waals surface area contributed by atoms with Gasteiger partial charge in [-0.1, -0.05) is 32.0 Å². The molecule has 0 aliphatic heterocycles. The molecule has 27 heavy (non-hydrogen) atoms. The molecule has 2 heterocycles. The van der Waals surface area contributed by atoms with Crippen molar-refractivity contribution in [2.45, 2.75) is 20.8 Å². The summed E-state index contributed by atoms with van der Waals surface area (Å²) in [6, 6.07) is 12.4. The molecule has 0 spiro atoms. The molecule has 0 atom stereocenters. The number of benzene rings is 1. The third-order valence-corrected chi connectivity index (χ3v) is 2.87. The van der Waals surface area contributed by atoms with Gasteiger partial charge in [0, 0.05) is 30.2 Å². The van der Waals surface area contributed by atoms with E-state index in [1.54, 1.807) is 30.6 Å². The van der Waals surface area contributed by atoms with Crippen molar-refractivity contribution in [1.82, 2.24) is 10.1 Å². The van der Waals surface area contributed by atoms with Crippen LogP contribution in [-0.2, 0) is 4.79 Å². The summed E-state index contributed by atoms with van der Waals surface area (Å²) in [4.78, 5) is 15.7. The van der Waals surface area contributed by atoms with Gasteiger partial charge in [0.25, 0.3) is 0 Å². The minimum Gasteiger partial charge on any atom is -0.457 e. The van der Waals surface area contributed by atoms with E-state index in [1.807, 2.05) is 24.3 Å². The maximum atomic E-state index is 11.8. The first-order chi connectivity index (χ1) is 13.0. The van der Waals surface area contributed by atoms with Gasteiger partial charge >= 0.3 is 0 Å². The Labute approximate surface area is 158 Å². The molecule has 0 bridgehead atoms. The Bertz CT molecular complexity index is 802. The van der Waals surface area contributed by atoms with Crippen molar-refractivity contribution < 1.29 is 14.1 Å². The summed E-state index contributed by atoms with van der Waals surface area (Å²) in [5, 5.41) is 9.11. The van der Waals surface area contributed by atoms with Crippen molar-refractivity contribution in [2.75, 3.05) is 17.2 Å². The lowest BCUT2D eigenvalue weighted by molar-refractivity contribution is -0.114. The van der Waals surface area contributed by atoms with E-state index in [9.17, 15) is 4.79 Å². The van der Waals surface area contributed by atoms with E-state index in [0.717, 1.165) is 11.6 Å². The molecular formula is C20H24N4O3. The summed E-state index contributed by atoms with van der Waals surface area (Å²) in [6.07, 6.45) is 4.78. The molecule has 1 aromatic carbocycles. The smallest absolute Gasteiger partial charge is 0.246 e. The Morgan fingerprint density at radius 2 is 1.81 bits per heavy atom. The molecule has 142 valence electrons. The van der Waals surface area contributed by atoms with E-state index < -0.39 is 0 Å². The van der Waals surface area contributed by atoms with Gasteiger partial charge in [-0.25, -0.2) is 0 Å². The highest BCUT2D eigenvalue weighted by Crippen LogP contribution is 2.23. The maximum Gasteiger partial charge on any atom is 0.246 e. The molecule has 0 saturated carbocycles. The van der Waals surface area contributed by atoms with Crippen molar-refractivity contribution in [3.8, 4) is 11.5 Å². The molecule has 0 unspecified atom stereocenters. The van der Waals surface area contributed by atoms with Crippen molar-refractivity contribution >= 4 is 17.5 Å². The summed E-state index contributed by atoms with van der Waals surface area (Å²) in [5.41, 5.74) is 0.768. The van der Waals surface area contributed by atoms with Crippen LogP contribution in [0.4, 0.5) is 11.6 Å². The Hall–Kier alpha value is -3.35. The third kappa shape index (κ3) is 8.04. The number of hydrogen-bond donors (Lipinski definition) is 2. The van der Waals surface area contributed by atoms with Gasteiger partial charge in [-0.05, 0) is 30.2 Å². The van der Waals surface area contributed by atoms with Crippen LogP contribution >= 0.6 is 0 Å². The number of pyridine rings is 1. The van der Waals surface area contributed by atoms with Gasteiger partial charge in [0.2, 0.25) is 11.8 Å². The zero-order valence-electron chi connectivity index (χ0n) is 15.7. The first kappa shape index (κ1) is 20.0. The molecule has 2 aromatic heterocycles. The Morgan fingerprint density at radius 3 is 2.48 bits per heavy atom. The molecule has 0 fully saturated rings. The van der Waals surface area contributed by atoms with Crippen molar-refractivity contribution in [3.63, 3.8) is 0 Å². The topological polar surface area (TPSA) is 89.3 Å². The van der Waals surface area contributed by atoms with Crippen molar-refractivity contribution in [1.29, 1.82) is 0 Å². The number of amides is 1. The van der Waals surface area contributed by atoms with Gasteiger partial charge in [-0.2, -0.15) is 0 Å². The van der Waals surface area contributed by atoms with Crippen LogP contribution < -0.4 is 15.4 Å². The number of nitrogens with zero attached hydrogens (tertiary/aromatic N) is 2. The van der Waals surface area contributed by atoms with E-state index in [4.69, 9.17) is 9.26 Å². The zero-order chi connectivity index (χ0) is 19.5. The fourth-order valence-electron chi connectivity index (χ4n) is 1.86. The number of nitrogens with one attached hydrogen (secondary N) is 2. The van der Waals surface area contributed by atoms with Crippen LogP contribution in [0.5, 0.6) is 11.5 Å². The average molecular weight is 368 g/mol. The number of anilines is 2. The van der Waals surface area contributed by atoms with Gasteiger partial charge in [-0.3, -0.25) is 15.1 Å². The lowest BCUT2D eigenvalue weighted by atomic mass is 10.3. The van der Waals surface area contributed by atoms with E-state index in [-0.39, 0.29) is 12.5 Å². The predicted octanol–water partition coefficient (Wildman–Crippen LogP) is 4.57. The fourth-order valence-corrected chi connectivity index (χ4v) is 1.86. The van der Waals surface area contributed by atoms with E-state index in [2.05, 4.69) is 41.5 Å². The number of rotatable bonds is 6. The quantitative estimate of drug-likeness (QED) is 0.662. The van der Waals surface area contributed by atoms with E-state index >= 15 is 0 Å². The first-order valence-corrected chi connectivity index (χ1v) is 8.65. The van der Waals surface area contributed by atoms with Gasteiger partial charge in [0.1, 0.15) is 11.5 Å². The van der Waals surface area contributed by atoms with Gasteiger partial charge in [0.05, 0.1) is 12.7 Å². The Balaban J connectivity index is 0.000000596. The average Bonchev–Trinajstić information content (AvgIpc) is 3.14. The largest absolute Gasteiger partial charge is 0.457 e. The summed E-state index contributed by atoms with van der Waals surface area (Å²) < 4.78 is 10.5. The van der Waals surface area contributed by atoms with E-state index in [1.165, 1.54) is 6.20 Å². The number of hydrogen-bond acceptors (Lipinski definition) is 6. The Morgan fingerprint density at radius 1 is 1.07 bits per heavy atom. The first-order valence-electron chi connectivity index (χ1n) is 8.65. The minimum atomic E-state index is -0.234. The van der Waals surface area contributed by atoms with Gasteiger partial charge in [-0.15, -0.1) is 0 Å². The molecule has 7 heteroatoms. The molecule has 0 saturated heterocycles. The highest BCUT2D eigenvalue weighted by atomic mass is 16.5.